The number of nitrogens with zero attached hydrogens (tertiary/aromatic N) is 2. The highest BCUT2D eigenvalue weighted by molar-refractivity contribution is 5.74. The summed E-state index contributed by atoms with van der Waals surface area (Å²) in [5, 5.41) is 2.97. The number of piperidine rings is 2. The van der Waals surface area contributed by atoms with Gasteiger partial charge in [0.25, 0.3) is 0 Å². The summed E-state index contributed by atoms with van der Waals surface area (Å²) in [7, 11) is 0. The minimum absolute atomic E-state index is 0.00621. The van der Waals surface area contributed by atoms with E-state index in [1.165, 1.54) is 11.3 Å². The zero-order chi connectivity index (χ0) is 16.9. The van der Waals surface area contributed by atoms with Crippen LogP contribution in [0.4, 0.5) is 18.0 Å². The lowest BCUT2D eigenvalue weighted by Crippen LogP contribution is -2.48. The minimum Gasteiger partial charge on any atom is -0.338 e. The number of carbonyl (C=O) groups excluding carboxylic acids is 1. The van der Waals surface area contributed by atoms with E-state index in [0.717, 1.165) is 38.6 Å². The van der Waals surface area contributed by atoms with E-state index in [4.69, 9.17) is 0 Å². The number of halogens is 3. The second-order valence-electron chi connectivity index (χ2n) is 6.89. The van der Waals surface area contributed by atoms with E-state index in [2.05, 4.69) is 12.2 Å². The molecule has 0 bridgehead atoms. The number of carbonyl (C=O) groups is 1. The van der Waals surface area contributed by atoms with Crippen molar-refractivity contribution in [3.05, 3.63) is 0 Å². The summed E-state index contributed by atoms with van der Waals surface area (Å²) in [4.78, 5) is 15.5. The van der Waals surface area contributed by atoms with E-state index >= 15 is 0 Å². The second kappa shape index (κ2) is 8.22. The molecule has 2 aliphatic rings. The Hall–Kier alpha value is -0.980. The molecule has 0 radical (unpaired) electrons. The molecule has 0 unspecified atom stereocenters. The normalized spacial score (nSPS) is 24.7. The van der Waals surface area contributed by atoms with Crippen molar-refractivity contribution < 1.29 is 18.0 Å². The van der Waals surface area contributed by atoms with Crippen LogP contribution in [0.15, 0.2) is 0 Å². The van der Waals surface area contributed by atoms with Crippen LogP contribution in [0.5, 0.6) is 0 Å². The average Bonchev–Trinajstić information content (AvgIpc) is 2.48. The summed E-state index contributed by atoms with van der Waals surface area (Å²) in [5.74, 6) is 0.415. The Balaban J connectivity index is 1.61. The Morgan fingerprint density at radius 3 is 2.43 bits per heavy atom. The van der Waals surface area contributed by atoms with E-state index < -0.39 is 12.7 Å². The Kier molecular flexibility index (Phi) is 6.56. The summed E-state index contributed by atoms with van der Waals surface area (Å²) in [6.07, 6.45) is 1.62. The molecular formula is C16H28F3N3O. The first kappa shape index (κ1) is 18.4. The van der Waals surface area contributed by atoms with E-state index in [-0.39, 0.29) is 6.03 Å². The van der Waals surface area contributed by atoms with E-state index in [1.807, 2.05) is 4.90 Å². The highest BCUT2D eigenvalue weighted by Crippen LogP contribution is 2.24. The van der Waals surface area contributed by atoms with Crippen molar-refractivity contribution in [2.24, 2.45) is 5.92 Å². The third kappa shape index (κ3) is 6.20. The molecular weight excluding hydrogens is 307 g/mol. The lowest BCUT2D eigenvalue weighted by atomic mass is 9.93. The molecule has 0 saturated carbocycles. The number of nitrogens with one attached hydrogen (secondary N) is 1. The topological polar surface area (TPSA) is 35.6 Å². The number of rotatable bonds is 4. The molecule has 2 amide bonds. The lowest BCUT2D eigenvalue weighted by molar-refractivity contribution is -0.148. The summed E-state index contributed by atoms with van der Waals surface area (Å²) < 4.78 is 37.0. The molecule has 2 rings (SSSR count). The molecule has 0 aromatic carbocycles. The summed E-state index contributed by atoms with van der Waals surface area (Å²) >= 11 is 0. The molecule has 2 heterocycles. The molecule has 0 aromatic heterocycles. The molecule has 23 heavy (non-hydrogen) atoms. The van der Waals surface area contributed by atoms with Crippen LogP contribution in [-0.4, -0.2) is 60.8 Å². The van der Waals surface area contributed by atoms with Crippen LogP contribution >= 0.6 is 0 Å². The van der Waals surface area contributed by atoms with Crippen molar-refractivity contribution in [1.29, 1.82) is 0 Å². The van der Waals surface area contributed by atoms with Crippen LogP contribution in [0.3, 0.4) is 0 Å². The third-order valence-corrected chi connectivity index (χ3v) is 5.00. The SMILES string of the molecule is C[C@H]1CCCCN1C(=O)NCCC1CCN(CC(F)(F)F)CC1. The fourth-order valence-electron chi connectivity index (χ4n) is 3.57. The number of hydrogen-bond donors (Lipinski definition) is 1. The quantitative estimate of drug-likeness (QED) is 0.856. The van der Waals surface area contributed by atoms with Crippen molar-refractivity contribution >= 4 is 6.03 Å². The number of alkyl halides is 3. The highest BCUT2D eigenvalue weighted by Gasteiger charge is 2.32. The van der Waals surface area contributed by atoms with Crippen LogP contribution in [-0.2, 0) is 0 Å². The molecule has 2 saturated heterocycles. The van der Waals surface area contributed by atoms with Gasteiger partial charge in [-0.05, 0) is 64.5 Å². The molecule has 1 atom stereocenters. The first-order valence-corrected chi connectivity index (χ1v) is 8.69. The fraction of sp³-hybridized carbons (Fsp3) is 0.938. The Labute approximate surface area is 136 Å². The standard InChI is InChI=1S/C16H28F3N3O/c1-13-4-2-3-9-22(13)15(23)20-8-5-14-6-10-21(11-7-14)12-16(17,18)19/h13-14H,2-12H2,1H3,(H,20,23)/t13-/m0/s1. The van der Waals surface area contributed by atoms with Crippen LogP contribution in [0.2, 0.25) is 0 Å². The minimum atomic E-state index is -4.11. The van der Waals surface area contributed by atoms with Crippen LogP contribution in [0.1, 0.15) is 45.4 Å². The Morgan fingerprint density at radius 2 is 1.83 bits per heavy atom. The molecule has 0 aliphatic carbocycles. The van der Waals surface area contributed by atoms with Gasteiger partial charge in [0.1, 0.15) is 0 Å². The van der Waals surface area contributed by atoms with Crippen LogP contribution < -0.4 is 5.32 Å². The maximum atomic E-state index is 12.3. The van der Waals surface area contributed by atoms with Gasteiger partial charge in [-0.2, -0.15) is 13.2 Å². The van der Waals surface area contributed by atoms with Gasteiger partial charge in [-0.25, -0.2) is 4.79 Å². The molecule has 1 N–H and O–H groups in total. The second-order valence-corrected chi connectivity index (χ2v) is 6.89. The number of hydrogen-bond acceptors (Lipinski definition) is 2. The zero-order valence-electron chi connectivity index (χ0n) is 13.9. The molecule has 2 fully saturated rings. The summed E-state index contributed by atoms with van der Waals surface area (Å²) in [6, 6.07) is 0.307. The molecule has 4 nitrogen and oxygen atoms in total. The lowest BCUT2D eigenvalue weighted by Gasteiger charge is -2.34. The van der Waals surface area contributed by atoms with E-state index in [1.54, 1.807) is 0 Å². The first-order valence-electron chi connectivity index (χ1n) is 8.69. The number of likely N-dealkylation sites (tertiary alicyclic amines) is 2. The number of urea groups is 1. The average molecular weight is 335 g/mol. The van der Waals surface area contributed by atoms with Gasteiger partial charge in [0.05, 0.1) is 6.54 Å². The smallest absolute Gasteiger partial charge is 0.338 e. The number of amides is 2. The van der Waals surface area contributed by atoms with Gasteiger partial charge in [-0.3, -0.25) is 4.90 Å². The van der Waals surface area contributed by atoms with Crippen molar-refractivity contribution in [2.45, 2.75) is 57.7 Å². The monoisotopic (exact) mass is 335 g/mol. The fourth-order valence-corrected chi connectivity index (χ4v) is 3.57. The van der Waals surface area contributed by atoms with Gasteiger partial charge in [0.2, 0.25) is 0 Å². The molecule has 2 aliphatic heterocycles. The maximum absolute atomic E-state index is 12.3. The largest absolute Gasteiger partial charge is 0.401 e. The van der Waals surface area contributed by atoms with E-state index in [9.17, 15) is 18.0 Å². The van der Waals surface area contributed by atoms with Gasteiger partial charge in [0.15, 0.2) is 0 Å². The maximum Gasteiger partial charge on any atom is 0.401 e. The predicted molar refractivity (Wildman–Crippen MR) is 83.3 cm³/mol. The Bertz CT molecular complexity index is 381. The van der Waals surface area contributed by atoms with Crippen molar-refractivity contribution in [1.82, 2.24) is 15.1 Å². The van der Waals surface area contributed by atoms with Crippen molar-refractivity contribution in [2.75, 3.05) is 32.7 Å². The molecule has 134 valence electrons. The zero-order valence-corrected chi connectivity index (χ0v) is 13.9. The molecule has 0 aromatic rings. The van der Waals surface area contributed by atoms with Gasteiger partial charge >= 0.3 is 12.2 Å². The van der Waals surface area contributed by atoms with Gasteiger partial charge in [0, 0.05) is 19.1 Å². The Morgan fingerprint density at radius 1 is 1.13 bits per heavy atom. The summed E-state index contributed by atoms with van der Waals surface area (Å²) in [5.41, 5.74) is 0. The van der Waals surface area contributed by atoms with Crippen LogP contribution in [0.25, 0.3) is 0 Å². The highest BCUT2D eigenvalue weighted by atomic mass is 19.4. The first-order chi connectivity index (χ1) is 10.8. The van der Waals surface area contributed by atoms with E-state index in [0.29, 0.717) is 31.6 Å². The molecule has 7 heteroatoms. The third-order valence-electron chi connectivity index (χ3n) is 5.00. The van der Waals surface area contributed by atoms with Crippen LogP contribution in [0, 0.1) is 5.92 Å². The van der Waals surface area contributed by atoms with Gasteiger partial charge < -0.3 is 10.2 Å². The van der Waals surface area contributed by atoms with Gasteiger partial charge in [-0.1, -0.05) is 0 Å². The molecule has 0 spiro atoms. The van der Waals surface area contributed by atoms with Gasteiger partial charge in [-0.15, -0.1) is 0 Å². The predicted octanol–water partition coefficient (Wildman–Crippen LogP) is 3.23. The van der Waals surface area contributed by atoms with Crippen molar-refractivity contribution in [3.63, 3.8) is 0 Å². The van der Waals surface area contributed by atoms with Crippen molar-refractivity contribution in [3.8, 4) is 0 Å². The summed E-state index contributed by atoms with van der Waals surface area (Å²) in [6.45, 7) is 3.72.